The van der Waals surface area contributed by atoms with E-state index in [2.05, 4.69) is 9.97 Å². The van der Waals surface area contributed by atoms with Gasteiger partial charge in [0.2, 0.25) is 11.9 Å². The number of nitrogens with one attached hydrogen (secondary N) is 1. The van der Waals surface area contributed by atoms with E-state index in [4.69, 9.17) is 0 Å². The summed E-state index contributed by atoms with van der Waals surface area (Å²) in [5, 5.41) is 0.0928. The van der Waals surface area contributed by atoms with Crippen molar-refractivity contribution in [3.63, 3.8) is 0 Å². The van der Waals surface area contributed by atoms with E-state index in [-0.39, 0.29) is 16.9 Å². The van der Waals surface area contributed by atoms with Crippen molar-refractivity contribution in [3.05, 3.63) is 36.5 Å². The number of rotatable bonds is 4. The lowest BCUT2D eigenvalue weighted by Gasteiger charge is -2.12. The summed E-state index contributed by atoms with van der Waals surface area (Å²) in [6.07, 6.45) is 2.22. The summed E-state index contributed by atoms with van der Waals surface area (Å²) in [4.78, 5) is 32.4. The summed E-state index contributed by atoms with van der Waals surface area (Å²) in [5.74, 6) is 1.53. The standard InChI is InChI=1S/C16H17N3O2S/c1-11(20)22-10-12-7-15(21)19(9-12)16-17-8-14(18-16)13-5-3-2-4-6-13/h2-6,8,12H,7,9-10H2,1H3,(H,17,18). The number of imidazole rings is 1. The van der Waals surface area contributed by atoms with E-state index in [1.807, 2.05) is 30.3 Å². The van der Waals surface area contributed by atoms with Gasteiger partial charge in [-0.2, -0.15) is 0 Å². The first-order valence-electron chi connectivity index (χ1n) is 7.17. The minimum atomic E-state index is 0.0584. The van der Waals surface area contributed by atoms with E-state index in [0.717, 1.165) is 11.3 Å². The van der Waals surface area contributed by atoms with Gasteiger partial charge >= 0.3 is 0 Å². The normalized spacial score (nSPS) is 18.0. The maximum absolute atomic E-state index is 12.1. The van der Waals surface area contributed by atoms with Crippen LogP contribution in [0, 0.1) is 5.92 Å². The number of H-pyrrole nitrogens is 1. The molecule has 1 fully saturated rings. The molecule has 0 bridgehead atoms. The van der Waals surface area contributed by atoms with E-state index >= 15 is 0 Å². The summed E-state index contributed by atoms with van der Waals surface area (Å²) in [6.45, 7) is 2.17. The number of hydrogen-bond acceptors (Lipinski definition) is 4. The molecule has 1 saturated heterocycles. The molecule has 1 aliphatic heterocycles. The minimum Gasteiger partial charge on any atom is -0.324 e. The smallest absolute Gasteiger partial charge is 0.229 e. The van der Waals surface area contributed by atoms with Crippen molar-refractivity contribution in [1.29, 1.82) is 0 Å². The zero-order chi connectivity index (χ0) is 15.5. The van der Waals surface area contributed by atoms with Gasteiger partial charge in [-0.25, -0.2) is 4.98 Å². The van der Waals surface area contributed by atoms with Crippen molar-refractivity contribution in [2.75, 3.05) is 17.2 Å². The highest BCUT2D eigenvalue weighted by Crippen LogP contribution is 2.27. The van der Waals surface area contributed by atoms with Gasteiger partial charge in [0.1, 0.15) is 0 Å². The van der Waals surface area contributed by atoms with Crippen LogP contribution in [0.5, 0.6) is 0 Å². The largest absolute Gasteiger partial charge is 0.324 e. The van der Waals surface area contributed by atoms with Crippen molar-refractivity contribution in [2.24, 2.45) is 5.92 Å². The first-order valence-corrected chi connectivity index (χ1v) is 8.16. The molecule has 0 spiro atoms. The second-order valence-corrected chi connectivity index (χ2v) is 6.56. The van der Waals surface area contributed by atoms with Crippen molar-refractivity contribution in [1.82, 2.24) is 9.97 Å². The van der Waals surface area contributed by atoms with Crippen LogP contribution in [-0.4, -0.2) is 33.3 Å². The number of carbonyl (C=O) groups is 2. The molecule has 1 aromatic heterocycles. The van der Waals surface area contributed by atoms with E-state index < -0.39 is 0 Å². The van der Waals surface area contributed by atoms with Crippen LogP contribution in [0.25, 0.3) is 11.3 Å². The Hall–Kier alpha value is -2.08. The summed E-state index contributed by atoms with van der Waals surface area (Å²) in [6, 6.07) is 9.88. The van der Waals surface area contributed by atoms with Gasteiger partial charge in [0, 0.05) is 25.6 Å². The topological polar surface area (TPSA) is 66.1 Å². The van der Waals surface area contributed by atoms with Gasteiger partial charge in [-0.15, -0.1) is 0 Å². The van der Waals surface area contributed by atoms with Crippen LogP contribution >= 0.6 is 11.8 Å². The summed E-state index contributed by atoms with van der Waals surface area (Å²) >= 11 is 1.28. The fourth-order valence-electron chi connectivity index (χ4n) is 2.55. The lowest BCUT2D eigenvalue weighted by atomic mass is 10.1. The molecule has 0 aliphatic carbocycles. The van der Waals surface area contributed by atoms with Gasteiger partial charge in [0.15, 0.2) is 5.12 Å². The first-order chi connectivity index (χ1) is 10.6. The minimum absolute atomic E-state index is 0.0584. The lowest BCUT2D eigenvalue weighted by Crippen LogP contribution is -2.25. The monoisotopic (exact) mass is 315 g/mol. The fraction of sp³-hybridized carbons (Fsp3) is 0.312. The van der Waals surface area contributed by atoms with E-state index in [1.54, 1.807) is 18.0 Å². The Morgan fingerprint density at radius 2 is 2.18 bits per heavy atom. The predicted molar refractivity (Wildman–Crippen MR) is 87.6 cm³/mol. The maximum atomic E-state index is 12.1. The van der Waals surface area contributed by atoms with E-state index in [1.165, 1.54) is 11.8 Å². The molecule has 1 amide bonds. The van der Waals surface area contributed by atoms with Crippen molar-refractivity contribution in [2.45, 2.75) is 13.3 Å². The fourth-order valence-corrected chi connectivity index (χ4v) is 3.24. The molecule has 22 heavy (non-hydrogen) atoms. The van der Waals surface area contributed by atoms with Gasteiger partial charge in [0.05, 0.1) is 11.9 Å². The molecule has 5 nitrogen and oxygen atoms in total. The maximum Gasteiger partial charge on any atom is 0.229 e. The number of aromatic amines is 1. The van der Waals surface area contributed by atoms with Crippen molar-refractivity contribution in [3.8, 4) is 11.3 Å². The van der Waals surface area contributed by atoms with Crippen molar-refractivity contribution >= 4 is 28.7 Å². The van der Waals surface area contributed by atoms with Crippen LogP contribution in [0.1, 0.15) is 13.3 Å². The molecule has 1 N–H and O–H groups in total. The van der Waals surface area contributed by atoms with Crippen LogP contribution in [0.4, 0.5) is 5.95 Å². The number of carbonyl (C=O) groups excluding carboxylic acids is 2. The highest BCUT2D eigenvalue weighted by molar-refractivity contribution is 8.13. The van der Waals surface area contributed by atoms with Crippen LogP contribution in [0.3, 0.4) is 0 Å². The second kappa shape index (κ2) is 6.36. The number of hydrogen-bond donors (Lipinski definition) is 1. The Bertz CT molecular complexity index is 684. The lowest BCUT2D eigenvalue weighted by molar-refractivity contribution is -0.117. The first kappa shape index (κ1) is 14.8. The molecule has 1 unspecified atom stereocenters. The number of amides is 1. The quantitative estimate of drug-likeness (QED) is 0.942. The number of nitrogens with zero attached hydrogens (tertiary/aromatic N) is 2. The molecule has 0 saturated carbocycles. The number of aromatic nitrogens is 2. The Balaban J connectivity index is 1.71. The Morgan fingerprint density at radius 3 is 2.91 bits per heavy atom. The molecular weight excluding hydrogens is 298 g/mol. The molecule has 1 atom stereocenters. The predicted octanol–water partition coefficient (Wildman–Crippen LogP) is 2.71. The van der Waals surface area contributed by atoms with Gasteiger partial charge in [-0.1, -0.05) is 42.1 Å². The Labute approximate surface area is 133 Å². The Kier molecular flexibility index (Phi) is 4.29. The van der Waals surface area contributed by atoms with Crippen LogP contribution in [-0.2, 0) is 9.59 Å². The van der Waals surface area contributed by atoms with E-state index in [0.29, 0.717) is 24.7 Å². The number of anilines is 1. The third kappa shape index (κ3) is 3.22. The van der Waals surface area contributed by atoms with Gasteiger partial charge in [0.25, 0.3) is 0 Å². The van der Waals surface area contributed by atoms with Crippen molar-refractivity contribution < 1.29 is 9.59 Å². The zero-order valence-electron chi connectivity index (χ0n) is 12.3. The molecular formula is C16H17N3O2S. The highest BCUT2D eigenvalue weighted by atomic mass is 32.2. The molecule has 1 aliphatic rings. The molecule has 6 heteroatoms. The van der Waals surface area contributed by atoms with Gasteiger partial charge in [-0.05, 0) is 11.5 Å². The molecule has 0 radical (unpaired) electrons. The summed E-state index contributed by atoms with van der Waals surface area (Å²) in [5.41, 5.74) is 1.93. The molecule has 114 valence electrons. The average molecular weight is 315 g/mol. The average Bonchev–Trinajstić information content (AvgIpc) is 3.12. The Morgan fingerprint density at radius 1 is 1.41 bits per heavy atom. The highest BCUT2D eigenvalue weighted by Gasteiger charge is 2.32. The number of thioether (sulfide) groups is 1. The van der Waals surface area contributed by atoms with Crippen LogP contribution < -0.4 is 4.90 Å². The van der Waals surface area contributed by atoms with Gasteiger partial charge in [-0.3, -0.25) is 14.5 Å². The third-order valence-corrected chi connectivity index (χ3v) is 4.67. The number of benzene rings is 1. The molecule has 2 aromatic rings. The third-order valence-electron chi connectivity index (χ3n) is 3.63. The van der Waals surface area contributed by atoms with E-state index in [9.17, 15) is 9.59 Å². The summed E-state index contributed by atoms with van der Waals surface area (Å²) < 4.78 is 0. The molecule has 2 heterocycles. The second-order valence-electron chi connectivity index (χ2n) is 5.36. The molecule has 3 rings (SSSR count). The van der Waals surface area contributed by atoms with Crippen LogP contribution in [0.2, 0.25) is 0 Å². The molecule has 1 aromatic carbocycles. The zero-order valence-corrected chi connectivity index (χ0v) is 13.1. The SMILES string of the molecule is CC(=O)SCC1CC(=O)N(c2ncc(-c3ccccc3)[nH]2)C1. The summed E-state index contributed by atoms with van der Waals surface area (Å²) in [7, 11) is 0. The van der Waals surface area contributed by atoms with Gasteiger partial charge < -0.3 is 4.98 Å². The van der Waals surface area contributed by atoms with Crippen LogP contribution in [0.15, 0.2) is 36.5 Å².